The van der Waals surface area contributed by atoms with E-state index < -0.39 is 6.04 Å². The smallest absolute Gasteiger partial charge is 0.245 e. The Hall–Kier alpha value is -2.82. The second kappa shape index (κ2) is 11.7. The average molecular weight is 509 g/mol. The van der Waals surface area contributed by atoms with Gasteiger partial charge >= 0.3 is 0 Å². The van der Waals surface area contributed by atoms with Crippen molar-refractivity contribution in [2.45, 2.75) is 38.1 Å². The van der Waals surface area contributed by atoms with E-state index in [1.807, 2.05) is 49.4 Å². The minimum atomic E-state index is -0.441. The first kappa shape index (κ1) is 25.3. The van der Waals surface area contributed by atoms with Crippen LogP contribution in [0.5, 0.6) is 0 Å². The lowest BCUT2D eigenvalue weighted by Gasteiger charge is -2.40. The Kier molecular flexibility index (Phi) is 8.48. The molecule has 0 radical (unpaired) electrons. The zero-order valence-electron chi connectivity index (χ0n) is 19.9. The summed E-state index contributed by atoms with van der Waals surface area (Å²) in [5, 5.41) is 1.16. The first-order chi connectivity index (χ1) is 17.0. The summed E-state index contributed by atoms with van der Waals surface area (Å²) in [6.45, 7) is 3.05. The van der Waals surface area contributed by atoms with Gasteiger partial charge in [-0.25, -0.2) is 0 Å². The third-order valence-electron chi connectivity index (χ3n) is 6.73. The van der Waals surface area contributed by atoms with Gasteiger partial charge in [0.1, 0.15) is 6.04 Å². The molecular formula is C29H30Cl2N2O2. The zero-order chi connectivity index (χ0) is 24.8. The Morgan fingerprint density at radius 3 is 2.09 bits per heavy atom. The van der Waals surface area contributed by atoms with Crippen molar-refractivity contribution in [2.24, 2.45) is 0 Å². The van der Waals surface area contributed by atoms with Crippen molar-refractivity contribution in [2.75, 3.05) is 19.6 Å². The van der Waals surface area contributed by atoms with Crippen LogP contribution in [-0.2, 0) is 16.0 Å². The topological polar surface area (TPSA) is 40.6 Å². The molecule has 0 N–H and O–H groups in total. The summed E-state index contributed by atoms with van der Waals surface area (Å²) < 4.78 is 0. The molecule has 1 atom stereocenters. The van der Waals surface area contributed by atoms with E-state index in [0.717, 1.165) is 12.0 Å². The number of halogens is 2. The Balaban J connectivity index is 1.45. The summed E-state index contributed by atoms with van der Waals surface area (Å²) >= 11 is 12.3. The van der Waals surface area contributed by atoms with E-state index in [-0.39, 0.29) is 24.3 Å². The standard InChI is InChI=1S/C29H30Cl2N2O2/c1-2-27-29(35)32(17-15-23-13-14-24(30)19-26(23)31)20-28(34)33(27)18-16-25(21-9-5-3-6-10-21)22-11-7-4-8-12-22/h3-14,19,25,27H,2,15-18,20H2,1H3. The molecule has 3 aromatic rings. The maximum Gasteiger partial charge on any atom is 0.245 e. The molecule has 1 aliphatic heterocycles. The quantitative estimate of drug-likeness (QED) is 0.344. The minimum Gasteiger partial charge on any atom is -0.331 e. The van der Waals surface area contributed by atoms with E-state index in [0.29, 0.717) is 36.0 Å². The molecule has 2 amide bonds. The van der Waals surface area contributed by atoms with Gasteiger partial charge in [-0.1, -0.05) is 96.9 Å². The van der Waals surface area contributed by atoms with E-state index >= 15 is 0 Å². The molecule has 1 heterocycles. The number of nitrogens with zero attached hydrogens (tertiary/aromatic N) is 2. The van der Waals surface area contributed by atoms with E-state index in [9.17, 15) is 9.59 Å². The highest BCUT2D eigenvalue weighted by Gasteiger charge is 2.38. The van der Waals surface area contributed by atoms with Gasteiger partial charge in [0, 0.05) is 29.1 Å². The molecule has 35 heavy (non-hydrogen) atoms. The average Bonchev–Trinajstić information content (AvgIpc) is 2.87. The molecule has 0 aromatic heterocycles. The number of amides is 2. The molecule has 3 aromatic carbocycles. The van der Waals surface area contributed by atoms with Crippen molar-refractivity contribution >= 4 is 35.0 Å². The van der Waals surface area contributed by atoms with Gasteiger partial charge in [-0.15, -0.1) is 0 Å². The maximum absolute atomic E-state index is 13.3. The third kappa shape index (κ3) is 6.06. The van der Waals surface area contributed by atoms with E-state index in [2.05, 4.69) is 24.3 Å². The van der Waals surface area contributed by atoms with Crippen LogP contribution in [0.4, 0.5) is 0 Å². The lowest BCUT2D eigenvalue weighted by atomic mass is 9.88. The molecule has 1 unspecified atom stereocenters. The lowest BCUT2D eigenvalue weighted by Crippen LogP contribution is -2.60. The lowest BCUT2D eigenvalue weighted by molar-refractivity contribution is -0.156. The molecule has 4 rings (SSSR count). The van der Waals surface area contributed by atoms with Gasteiger partial charge in [0.2, 0.25) is 11.8 Å². The second-order valence-corrected chi connectivity index (χ2v) is 9.76. The Morgan fingerprint density at radius 2 is 1.51 bits per heavy atom. The number of carbonyl (C=O) groups excluding carboxylic acids is 2. The van der Waals surface area contributed by atoms with Crippen LogP contribution in [0.25, 0.3) is 0 Å². The van der Waals surface area contributed by atoms with Gasteiger partial charge in [0.15, 0.2) is 0 Å². The van der Waals surface area contributed by atoms with Gasteiger partial charge in [0.05, 0.1) is 6.54 Å². The second-order valence-electron chi connectivity index (χ2n) is 8.92. The fraction of sp³-hybridized carbons (Fsp3) is 0.310. The maximum atomic E-state index is 13.3. The molecule has 0 saturated carbocycles. The molecule has 0 bridgehead atoms. The van der Waals surface area contributed by atoms with Crippen molar-refractivity contribution in [3.05, 3.63) is 106 Å². The molecule has 182 valence electrons. The van der Waals surface area contributed by atoms with Gasteiger partial charge < -0.3 is 9.80 Å². The summed E-state index contributed by atoms with van der Waals surface area (Å²) in [5.41, 5.74) is 3.34. The summed E-state index contributed by atoms with van der Waals surface area (Å²) in [7, 11) is 0. The van der Waals surface area contributed by atoms with Gasteiger partial charge in [-0.05, 0) is 48.1 Å². The predicted octanol–water partition coefficient (Wildman–Crippen LogP) is 6.21. The van der Waals surface area contributed by atoms with E-state index in [1.54, 1.807) is 21.9 Å². The predicted molar refractivity (Wildman–Crippen MR) is 142 cm³/mol. The summed E-state index contributed by atoms with van der Waals surface area (Å²) in [6, 6.07) is 25.6. The first-order valence-electron chi connectivity index (χ1n) is 12.1. The highest BCUT2D eigenvalue weighted by atomic mass is 35.5. The van der Waals surface area contributed by atoms with E-state index in [1.165, 1.54) is 11.1 Å². The highest BCUT2D eigenvalue weighted by molar-refractivity contribution is 6.35. The van der Waals surface area contributed by atoms with Crippen LogP contribution in [0.15, 0.2) is 78.9 Å². The van der Waals surface area contributed by atoms with Crippen LogP contribution in [-0.4, -0.2) is 47.3 Å². The SMILES string of the molecule is CCC1C(=O)N(CCc2ccc(Cl)cc2Cl)CC(=O)N1CCC(c1ccccc1)c1ccccc1. The van der Waals surface area contributed by atoms with Crippen molar-refractivity contribution in [3.63, 3.8) is 0 Å². The van der Waals surface area contributed by atoms with Gasteiger partial charge in [-0.3, -0.25) is 9.59 Å². The van der Waals surface area contributed by atoms with Crippen LogP contribution >= 0.6 is 23.2 Å². The van der Waals surface area contributed by atoms with Crippen molar-refractivity contribution in [1.29, 1.82) is 0 Å². The molecular weight excluding hydrogens is 479 g/mol. The zero-order valence-corrected chi connectivity index (χ0v) is 21.4. The van der Waals surface area contributed by atoms with Gasteiger partial charge in [-0.2, -0.15) is 0 Å². The van der Waals surface area contributed by atoms with Crippen LogP contribution < -0.4 is 0 Å². The number of benzene rings is 3. The Labute approximate surface area is 217 Å². The third-order valence-corrected chi connectivity index (χ3v) is 7.32. The van der Waals surface area contributed by atoms with Crippen LogP contribution in [0.1, 0.15) is 42.4 Å². The first-order valence-corrected chi connectivity index (χ1v) is 12.9. The van der Waals surface area contributed by atoms with Crippen molar-refractivity contribution in [3.8, 4) is 0 Å². The summed E-state index contributed by atoms with van der Waals surface area (Å²) in [5.74, 6) is 0.162. The van der Waals surface area contributed by atoms with Crippen molar-refractivity contribution in [1.82, 2.24) is 9.80 Å². The largest absolute Gasteiger partial charge is 0.331 e. The van der Waals surface area contributed by atoms with Crippen LogP contribution in [0.3, 0.4) is 0 Å². The molecule has 1 aliphatic rings. The van der Waals surface area contributed by atoms with E-state index in [4.69, 9.17) is 23.2 Å². The minimum absolute atomic E-state index is 0.00136. The fourth-order valence-electron chi connectivity index (χ4n) is 4.86. The van der Waals surface area contributed by atoms with Crippen LogP contribution in [0.2, 0.25) is 10.0 Å². The molecule has 6 heteroatoms. The summed E-state index contributed by atoms with van der Waals surface area (Å²) in [6.07, 6.45) is 1.92. The molecule has 1 saturated heterocycles. The highest BCUT2D eigenvalue weighted by Crippen LogP contribution is 2.29. The molecule has 0 aliphatic carbocycles. The molecule has 1 fully saturated rings. The number of carbonyl (C=O) groups is 2. The number of piperazine rings is 1. The number of rotatable bonds is 9. The van der Waals surface area contributed by atoms with Crippen LogP contribution in [0, 0.1) is 0 Å². The van der Waals surface area contributed by atoms with Gasteiger partial charge in [0.25, 0.3) is 0 Å². The monoisotopic (exact) mass is 508 g/mol. The Morgan fingerprint density at radius 1 is 0.886 bits per heavy atom. The Bertz CT molecular complexity index is 1110. The number of hydrogen-bond donors (Lipinski definition) is 0. The molecule has 4 nitrogen and oxygen atoms in total. The fourth-order valence-corrected chi connectivity index (χ4v) is 5.36. The normalized spacial score (nSPS) is 16.3. The number of hydrogen-bond acceptors (Lipinski definition) is 2. The summed E-state index contributed by atoms with van der Waals surface area (Å²) in [4.78, 5) is 30.0. The van der Waals surface area contributed by atoms with Crippen molar-refractivity contribution < 1.29 is 9.59 Å². The molecule has 0 spiro atoms.